The highest BCUT2D eigenvalue weighted by molar-refractivity contribution is 5.31. The minimum absolute atomic E-state index is 0.210. The van der Waals surface area contributed by atoms with Gasteiger partial charge in [0, 0.05) is 7.05 Å². The van der Waals surface area contributed by atoms with Gasteiger partial charge in [0.15, 0.2) is 0 Å². The van der Waals surface area contributed by atoms with Crippen molar-refractivity contribution in [2.24, 2.45) is 12.8 Å². The minimum atomic E-state index is -0.210. The van der Waals surface area contributed by atoms with Gasteiger partial charge >= 0.3 is 0 Å². The molecule has 0 aliphatic rings. The average molecular weight is 202 g/mol. The minimum Gasteiger partial charge on any atom is -0.318 e. The molecule has 2 N–H and O–H groups in total. The summed E-state index contributed by atoms with van der Waals surface area (Å²) in [5.41, 5.74) is 8.40. The maximum atomic E-state index is 6.14. The van der Waals surface area contributed by atoms with Crippen molar-refractivity contribution in [3.05, 3.63) is 47.5 Å². The lowest BCUT2D eigenvalue weighted by atomic mass is 10.0. The highest BCUT2D eigenvalue weighted by Crippen LogP contribution is 2.19. The highest BCUT2D eigenvalue weighted by atomic mass is 15.3. The number of hydrogen-bond acceptors (Lipinski definition) is 3. The summed E-state index contributed by atoms with van der Waals surface area (Å²) in [6, 6.07) is 7.85. The van der Waals surface area contributed by atoms with Gasteiger partial charge in [-0.3, -0.25) is 4.68 Å². The molecular weight excluding hydrogens is 188 g/mol. The van der Waals surface area contributed by atoms with Crippen molar-refractivity contribution in [3.8, 4) is 0 Å². The van der Waals surface area contributed by atoms with Gasteiger partial charge in [-0.25, -0.2) is 4.98 Å². The van der Waals surface area contributed by atoms with E-state index in [1.54, 1.807) is 4.68 Å². The first-order valence-corrected chi connectivity index (χ1v) is 4.85. The molecule has 0 amide bonds. The van der Waals surface area contributed by atoms with E-state index in [0.717, 1.165) is 11.4 Å². The van der Waals surface area contributed by atoms with Gasteiger partial charge in [0.05, 0.1) is 6.04 Å². The van der Waals surface area contributed by atoms with Crippen molar-refractivity contribution in [2.45, 2.75) is 13.0 Å². The summed E-state index contributed by atoms with van der Waals surface area (Å²) >= 11 is 0. The van der Waals surface area contributed by atoms with Crippen molar-refractivity contribution in [3.63, 3.8) is 0 Å². The average Bonchev–Trinajstić information content (AvgIpc) is 2.64. The Morgan fingerprint density at radius 2 is 2.07 bits per heavy atom. The molecule has 2 aromatic rings. The number of nitrogens with zero attached hydrogens (tertiary/aromatic N) is 3. The van der Waals surface area contributed by atoms with E-state index in [0.29, 0.717) is 0 Å². The molecular formula is C11H14N4. The van der Waals surface area contributed by atoms with Gasteiger partial charge in [0.25, 0.3) is 0 Å². The summed E-state index contributed by atoms with van der Waals surface area (Å²) in [5.74, 6) is 0.782. The van der Waals surface area contributed by atoms with E-state index in [1.165, 1.54) is 11.9 Å². The Morgan fingerprint density at radius 3 is 2.67 bits per heavy atom. The number of aromatic nitrogens is 3. The van der Waals surface area contributed by atoms with Crippen LogP contribution < -0.4 is 5.73 Å². The van der Waals surface area contributed by atoms with Crippen LogP contribution in [0, 0.1) is 6.92 Å². The zero-order valence-electron chi connectivity index (χ0n) is 8.88. The molecule has 0 radical (unpaired) electrons. The number of benzene rings is 1. The normalized spacial score (nSPS) is 12.7. The molecule has 4 nitrogen and oxygen atoms in total. The third kappa shape index (κ3) is 1.76. The zero-order chi connectivity index (χ0) is 10.8. The molecule has 0 saturated carbocycles. The molecule has 2 rings (SSSR count). The monoisotopic (exact) mass is 202 g/mol. The Labute approximate surface area is 88.8 Å². The first kappa shape index (κ1) is 9.86. The van der Waals surface area contributed by atoms with Gasteiger partial charge in [0.1, 0.15) is 12.2 Å². The van der Waals surface area contributed by atoms with Gasteiger partial charge < -0.3 is 5.73 Å². The fourth-order valence-electron chi connectivity index (χ4n) is 1.66. The molecule has 0 spiro atoms. The first-order valence-electron chi connectivity index (χ1n) is 4.85. The topological polar surface area (TPSA) is 56.7 Å². The summed E-state index contributed by atoms with van der Waals surface area (Å²) in [4.78, 5) is 4.16. The molecule has 1 aromatic carbocycles. The Morgan fingerprint density at radius 1 is 1.33 bits per heavy atom. The molecule has 0 aliphatic carbocycles. The third-order valence-corrected chi connectivity index (χ3v) is 2.55. The van der Waals surface area contributed by atoms with Crippen LogP contribution in [0.5, 0.6) is 0 Å². The van der Waals surface area contributed by atoms with Crippen LogP contribution in [-0.2, 0) is 7.05 Å². The standard InChI is InChI=1S/C11H14N4/c1-8-5-3-4-6-9(8)10(12)11-13-7-14-15(11)2/h3-7,10H,12H2,1-2H3. The molecule has 15 heavy (non-hydrogen) atoms. The second-order valence-electron chi connectivity index (χ2n) is 3.58. The number of aryl methyl sites for hydroxylation is 2. The molecule has 1 heterocycles. The number of hydrogen-bond donors (Lipinski definition) is 1. The third-order valence-electron chi connectivity index (χ3n) is 2.55. The van der Waals surface area contributed by atoms with Crippen molar-refractivity contribution in [1.29, 1.82) is 0 Å². The molecule has 1 unspecified atom stereocenters. The molecule has 78 valence electrons. The SMILES string of the molecule is Cc1ccccc1C(N)c1ncnn1C. The maximum absolute atomic E-state index is 6.14. The van der Waals surface area contributed by atoms with Crippen LogP contribution in [-0.4, -0.2) is 14.8 Å². The lowest BCUT2D eigenvalue weighted by Crippen LogP contribution is -2.18. The van der Waals surface area contributed by atoms with Crippen LogP contribution >= 0.6 is 0 Å². The lowest BCUT2D eigenvalue weighted by Gasteiger charge is -2.13. The van der Waals surface area contributed by atoms with E-state index in [-0.39, 0.29) is 6.04 Å². The Kier molecular flexibility index (Phi) is 2.51. The van der Waals surface area contributed by atoms with Crippen LogP contribution in [0.1, 0.15) is 23.0 Å². The van der Waals surface area contributed by atoms with Crippen molar-refractivity contribution >= 4 is 0 Å². The quantitative estimate of drug-likeness (QED) is 0.795. The molecule has 0 fully saturated rings. The van der Waals surface area contributed by atoms with Crippen LogP contribution in [0.25, 0.3) is 0 Å². The molecule has 0 bridgehead atoms. The summed E-state index contributed by atoms with van der Waals surface area (Å²) in [5, 5.41) is 4.02. The molecule has 4 heteroatoms. The van der Waals surface area contributed by atoms with E-state index in [9.17, 15) is 0 Å². The number of nitrogens with two attached hydrogens (primary N) is 1. The van der Waals surface area contributed by atoms with Gasteiger partial charge in [-0.2, -0.15) is 5.10 Å². The van der Waals surface area contributed by atoms with E-state index >= 15 is 0 Å². The summed E-state index contributed by atoms with van der Waals surface area (Å²) in [6.45, 7) is 2.05. The van der Waals surface area contributed by atoms with Crippen molar-refractivity contribution < 1.29 is 0 Å². The highest BCUT2D eigenvalue weighted by Gasteiger charge is 2.15. The summed E-state index contributed by atoms with van der Waals surface area (Å²) in [7, 11) is 1.85. The summed E-state index contributed by atoms with van der Waals surface area (Å²) < 4.78 is 1.71. The predicted molar refractivity (Wildman–Crippen MR) is 58.2 cm³/mol. The van der Waals surface area contributed by atoms with Crippen LogP contribution in [0.3, 0.4) is 0 Å². The van der Waals surface area contributed by atoms with Gasteiger partial charge in [-0.05, 0) is 18.1 Å². The van der Waals surface area contributed by atoms with E-state index in [2.05, 4.69) is 10.1 Å². The smallest absolute Gasteiger partial charge is 0.148 e. The van der Waals surface area contributed by atoms with Crippen LogP contribution in [0.4, 0.5) is 0 Å². The van der Waals surface area contributed by atoms with E-state index in [1.807, 2.05) is 38.2 Å². The molecule has 1 aromatic heterocycles. The lowest BCUT2D eigenvalue weighted by molar-refractivity contribution is 0.657. The van der Waals surface area contributed by atoms with Gasteiger partial charge in [-0.15, -0.1) is 0 Å². The Hall–Kier alpha value is -1.68. The van der Waals surface area contributed by atoms with E-state index < -0.39 is 0 Å². The largest absolute Gasteiger partial charge is 0.318 e. The summed E-state index contributed by atoms with van der Waals surface area (Å²) in [6.07, 6.45) is 1.52. The van der Waals surface area contributed by atoms with Gasteiger partial charge in [-0.1, -0.05) is 24.3 Å². The second-order valence-corrected chi connectivity index (χ2v) is 3.58. The fourth-order valence-corrected chi connectivity index (χ4v) is 1.66. The number of rotatable bonds is 2. The van der Waals surface area contributed by atoms with E-state index in [4.69, 9.17) is 5.73 Å². The second kappa shape index (κ2) is 3.82. The first-order chi connectivity index (χ1) is 7.20. The molecule has 1 atom stereocenters. The van der Waals surface area contributed by atoms with Crippen molar-refractivity contribution in [2.75, 3.05) is 0 Å². The predicted octanol–water partition coefficient (Wildman–Crippen LogP) is 1.17. The fraction of sp³-hybridized carbons (Fsp3) is 0.273. The Bertz CT molecular complexity index is 461. The molecule has 0 aliphatic heterocycles. The Balaban J connectivity index is 2.41. The van der Waals surface area contributed by atoms with Crippen LogP contribution in [0.2, 0.25) is 0 Å². The van der Waals surface area contributed by atoms with Crippen LogP contribution in [0.15, 0.2) is 30.6 Å². The van der Waals surface area contributed by atoms with Gasteiger partial charge in [0.2, 0.25) is 0 Å². The van der Waals surface area contributed by atoms with Crippen molar-refractivity contribution in [1.82, 2.24) is 14.8 Å². The zero-order valence-corrected chi connectivity index (χ0v) is 8.88. The maximum Gasteiger partial charge on any atom is 0.148 e. The molecule has 0 saturated heterocycles.